The molecule has 3 atom stereocenters. The van der Waals surface area contributed by atoms with E-state index in [2.05, 4.69) is 11.8 Å². The number of aliphatic hydroxyl groups excluding tert-OH is 2. The van der Waals surface area contributed by atoms with Crippen molar-refractivity contribution in [2.75, 3.05) is 13.1 Å². The third kappa shape index (κ3) is 4.03. The Balaban J connectivity index is 1.54. The number of amides is 1. The number of phenolic OH excluding ortho intramolecular Hbond substituents is 1. The van der Waals surface area contributed by atoms with Crippen LogP contribution in [0.15, 0.2) is 23.0 Å². The van der Waals surface area contributed by atoms with E-state index in [9.17, 15) is 34.8 Å². The molecule has 204 valence electrons. The molecule has 0 aliphatic heterocycles. The van der Waals surface area contributed by atoms with Gasteiger partial charge in [-0.3, -0.25) is 19.3 Å². The number of Topliss-reactive ketones (excluding diaryl/α,β-unsaturated/α-hetero) is 2. The van der Waals surface area contributed by atoms with Crippen LogP contribution in [-0.2, 0) is 27.3 Å². The molecule has 4 aliphatic carbocycles. The zero-order chi connectivity index (χ0) is 27.5. The smallest absolute Gasteiger partial charge is 0.255 e. The summed E-state index contributed by atoms with van der Waals surface area (Å²) in [6, 6.07) is 1.50. The molecule has 0 radical (unpaired) electrons. The molecule has 2 fully saturated rings. The number of benzene rings is 1. The molecule has 0 bridgehead atoms. The van der Waals surface area contributed by atoms with Gasteiger partial charge in [-0.15, -0.1) is 0 Å². The van der Waals surface area contributed by atoms with Crippen LogP contribution in [0.3, 0.4) is 0 Å². The van der Waals surface area contributed by atoms with Crippen LogP contribution >= 0.6 is 11.6 Å². The number of hydrogen-bond acceptors (Lipinski definition) is 8. The van der Waals surface area contributed by atoms with E-state index in [0.717, 1.165) is 18.7 Å². The van der Waals surface area contributed by atoms with Crippen LogP contribution in [0.2, 0.25) is 5.02 Å². The van der Waals surface area contributed by atoms with E-state index >= 15 is 0 Å². The summed E-state index contributed by atoms with van der Waals surface area (Å²) >= 11 is 6.86. The van der Waals surface area contributed by atoms with Crippen molar-refractivity contribution in [3.8, 4) is 5.75 Å². The highest BCUT2D eigenvalue weighted by atomic mass is 35.5. The van der Waals surface area contributed by atoms with Gasteiger partial charge in [0.1, 0.15) is 22.8 Å². The first-order chi connectivity index (χ1) is 18.0. The number of halogens is 1. The minimum absolute atomic E-state index is 0.0183. The fraction of sp³-hybridized carbons (Fsp3) is 0.536. The number of nitrogens with zero attached hydrogens (tertiary/aromatic N) is 1. The van der Waals surface area contributed by atoms with Gasteiger partial charge in [-0.1, -0.05) is 31.4 Å². The summed E-state index contributed by atoms with van der Waals surface area (Å²) in [7, 11) is 0. The van der Waals surface area contributed by atoms with Crippen molar-refractivity contribution in [2.45, 2.75) is 64.0 Å². The van der Waals surface area contributed by atoms with Gasteiger partial charge in [0.05, 0.1) is 5.56 Å². The Morgan fingerprint density at radius 3 is 2.50 bits per heavy atom. The van der Waals surface area contributed by atoms with Gasteiger partial charge in [0.25, 0.3) is 5.91 Å². The number of aromatic hydroxyl groups is 1. The lowest BCUT2D eigenvalue weighted by Crippen LogP contribution is -2.58. The zero-order valence-electron chi connectivity index (χ0n) is 21.3. The number of fused-ring (bicyclic) bond motifs is 3. The molecule has 4 aliphatic rings. The average molecular weight is 545 g/mol. The molecule has 10 heteroatoms. The highest BCUT2D eigenvalue weighted by Gasteiger charge is 2.60. The van der Waals surface area contributed by atoms with Crippen LogP contribution in [0.4, 0.5) is 0 Å². The first kappa shape index (κ1) is 26.7. The summed E-state index contributed by atoms with van der Waals surface area (Å²) < 4.78 is 0. The predicted molar refractivity (Wildman–Crippen MR) is 139 cm³/mol. The Hall–Kier alpha value is -2.88. The molecular weight excluding hydrogens is 512 g/mol. The Morgan fingerprint density at radius 1 is 1.18 bits per heavy atom. The summed E-state index contributed by atoms with van der Waals surface area (Å²) in [6.07, 6.45) is 4.83. The second-order valence-corrected chi connectivity index (χ2v) is 11.5. The lowest BCUT2D eigenvalue weighted by atomic mass is 9.59. The van der Waals surface area contributed by atoms with Crippen LogP contribution in [0.1, 0.15) is 62.1 Å². The number of rotatable bonds is 6. The van der Waals surface area contributed by atoms with Crippen molar-refractivity contribution in [3.63, 3.8) is 0 Å². The van der Waals surface area contributed by atoms with Gasteiger partial charge in [-0.2, -0.15) is 0 Å². The average Bonchev–Trinajstić information content (AvgIpc) is 3.36. The van der Waals surface area contributed by atoms with Gasteiger partial charge < -0.3 is 26.2 Å². The van der Waals surface area contributed by atoms with E-state index in [1.54, 1.807) is 0 Å². The molecule has 38 heavy (non-hydrogen) atoms. The maximum atomic E-state index is 13.6. The lowest BCUT2D eigenvalue weighted by molar-refractivity contribution is -0.147. The number of primary amides is 1. The summed E-state index contributed by atoms with van der Waals surface area (Å²) in [6.45, 7) is 4.36. The molecule has 1 amide bonds. The van der Waals surface area contributed by atoms with Crippen LogP contribution < -0.4 is 5.73 Å². The van der Waals surface area contributed by atoms with Crippen LogP contribution in [0, 0.1) is 17.8 Å². The van der Waals surface area contributed by atoms with E-state index in [0.29, 0.717) is 23.0 Å². The number of nitrogens with two attached hydrogens (primary N) is 1. The van der Waals surface area contributed by atoms with Gasteiger partial charge in [0.2, 0.25) is 5.78 Å². The summed E-state index contributed by atoms with van der Waals surface area (Å²) in [5, 5.41) is 44.6. The molecule has 1 aromatic rings. The van der Waals surface area contributed by atoms with Gasteiger partial charge in [0.15, 0.2) is 11.4 Å². The second kappa shape index (κ2) is 9.70. The second-order valence-electron chi connectivity index (χ2n) is 11.1. The minimum Gasteiger partial charge on any atom is -0.508 e. The standard InChI is InChI=1S/C28H33ClN2O7/c1-2-31(11-13-5-3-4-6-13)12-15-9-18(32)21-17(23(15)29)8-14-7-16-10-19(33)22(27(30)37)26(36)28(16,38)25(35)20(14)24(21)34/h9,13-14,16,32,34,36,38H,2-8,10-12H2,1H3,(H2,30,37). The fourth-order valence-electron chi connectivity index (χ4n) is 6.94. The van der Waals surface area contributed by atoms with E-state index in [-0.39, 0.29) is 36.1 Å². The third-order valence-corrected chi connectivity index (χ3v) is 9.38. The predicted octanol–water partition coefficient (Wildman–Crippen LogP) is 3.09. The van der Waals surface area contributed by atoms with Crippen molar-refractivity contribution in [3.05, 3.63) is 44.7 Å². The van der Waals surface area contributed by atoms with Crippen LogP contribution in [-0.4, -0.2) is 61.5 Å². The van der Waals surface area contributed by atoms with Gasteiger partial charge >= 0.3 is 0 Å². The number of ketones is 2. The highest BCUT2D eigenvalue weighted by molar-refractivity contribution is 6.32. The van der Waals surface area contributed by atoms with Crippen molar-refractivity contribution in [1.82, 2.24) is 4.90 Å². The molecular formula is C28H33ClN2O7. The first-order valence-corrected chi connectivity index (χ1v) is 13.6. The molecule has 0 heterocycles. The SMILES string of the molecule is CCN(Cc1cc(O)c2c(c1Cl)CC1CC3CC(=O)C(C(N)=O)=C(O)C3(O)C(=O)C1=C2O)CC1CCCC1. The topological polar surface area (TPSA) is 161 Å². The third-order valence-electron chi connectivity index (χ3n) is 8.90. The van der Waals surface area contributed by atoms with Gasteiger partial charge in [-0.25, -0.2) is 0 Å². The van der Waals surface area contributed by atoms with E-state index in [4.69, 9.17) is 17.3 Å². The maximum Gasteiger partial charge on any atom is 0.255 e. The van der Waals surface area contributed by atoms with E-state index in [1.165, 1.54) is 31.7 Å². The first-order valence-electron chi connectivity index (χ1n) is 13.2. The van der Waals surface area contributed by atoms with Crippen LogP contribution in [0.25, 0.3) is 5.76 Å². The number of aliphatic hydroxyl groups is 3. The fourth-order valence-corrected chi connectivity index (χ4v) is 7.23. The Morgan fingerprint density at radius 2 is 1.87 bits per heavy atom. The van der Waals surface area contributed by atoms with Gasteiger partial charge in [-0.05, 0) is 61.3 Å². The van der Waals surface area contributed by atoms with Crippen molar-refractivity contribution in [1.29, 1.82) is 0 Å². The molecule has 5 rings (SSSR count). The Labute approximate surface area is 225 Å². The largest absolute Gasteiger partial charge is 0.508 e. The summed E-state index contributed by atoms with van der Waals surface area (Å²) in [5.74, 6) is -5.83. The van der Waals surface area contributed by atoms with Crippen molar-refractivity contribution in [2.24, 2.45) is 23.5 Å². The molecule has 0 aromatic heterocycles. The van der Waals surface area contributed by atoms with Crippen molar-refractivity contribution < 1.29 is 34.8 Å². The van der Waals surface area contributed by atoms with E-state index in [1.807, 2.05) is 0 Å². The molecule has 9 nitrogen and oxygen atoms in total. The normalized spacial score (nSPS) is 27.6. The monoisotopic (exact) mass is 544 g/mol. The maximum absolute atomic E-state index is 13.6. The number of hydrogen-bond donors (Lipinski definition) is 5. The summed E-state index contributed by atoms with van der Waals surface area (Å²) in [4.78, 5) is 40.2. The zero-order valence-corrected chi connectivity index (χ0v) is 22.1. The molecule has 6 N–H and O–H groups in total. The number of carbonyl (C=O) groups is 3. The minimum atomic E-state index is -2.57. The van der Waals surface area contributed by atoms with E-state index < -0.39 is 52.0 Å². The lowest BCUT2D eigenvalue weighted by Gasteiger charge is -2.46. The van der Waals surface area contributed by atoms with Crippen molar-refractivity contribution >= 4 is 34.8 Å². The number of phenols is 1. The van der Waals surface area contributed by atoms with Gasteiger partial charge in [0, 0.05) is 36.0 Å². The summed E-state index contributed by atoms with van der Waals surface area (Å²) in [5.41, 5.74) is 2.92. The molecule has 0 saturated heterocycles. The Kier molecular flexibility index (Phi) is 6.82. The number of carbonyl (C=O) groups excluding carboxylic acids is 3. The Bertz CT molecular complexity index is 1300. The highest BCUT2D eigenvalue weighted by Crippen LogP contribution is 2.53. The molecule has 3 unspecified atom stereocenters. The molecule has 1 aromatic carbocycles. The molecule has 2 saturated carbocycles. The quantitative estimate of drug-likeness (QED) is 0.341. The van der Waals surface area contributed by atoms with Crippen LogP contribution in [0.5, 0.6) is 5.75 Å². The molecule has 0 spiro atoms.